The Kier molecular flexibility index (Phi) is 4.65. The number of nitrogens with one attached hydrogen (secondary N) is 1. The third-order valence-electron chi connectivity index (χ3n) is 3.69. The second-order valence-corrected chi connectivity index (χ2v) is 6.30. The first kappa shape index (κ1) is 16.7. The molecule has 0 unspecified atom stereocenters. The lowest BCUT2D eigenvalue weighted by Crippen LogP contribution is -2.03. The standard InChI is InChI=1S/C19H13Cl2N3O2/c20-15-8-7-12(10-16(15)21)26-19-23-17-6-2-1-5-14(17)18(24-19)22-11-13-4-3-9-25-13/h1-10H,11H2,(H,22,23,24). The predicted molar refractivity (Wildman–Crippen MR) is 102 cm³/mol. The lowest BCUT2D eigenvalue weighted by molar-refractivity contribution is 0.445. The van der Waals surface area contributed by atoms with Gasteiger partial charge < -0.3 is 14.5 Å². The molecule has 5 nitrogen and oxygen atoms in total. The number of hydrogen-bond donors (Lipinski definition) is 1. The summed E-state index contributed by atoms with van der Waals surface area (Å²) in [6, 6.07) is 16.6. The molecule has 7 heteroatoms. The minimum Gasteiger partial charge on any atom is -0.467 e. The molecule has 0 saturated heterocycles. The van der Waals surface area contributed by atoms with Gasteiger partial charge >= 0.3 is 6.01 Å². The summed E-state index contributed by atoms with van der Waals surface area (Å²) in [5.74, 6) is 1.97. The molecule has 0 spiro atoms. The Morgan fingerprint density at radius 3 is 2.65 bits per heavy atom. The Hall–Kier alpha value is -2.76. The Balaban J connectivity index is 1.67. The van der Waals surface area contributed by atoms with Crippen molar-refractivity contribution < 1.29 is 9.15 Å². The van der Waals surface area contributed by atoms with Crippen molar-refractivity contribution in [2.45, 2.75) is 6.54 Å². The minimum atomic E-state index is 0.212. The summed E-state index contributed by atoms with van der Waals surface area (Å²) in [6.45, 7) is 0.500. The molecule has 0 saturated carbocycles. The predicted octanol–water partition coefficient (Wildman–Crippen LogP) is 5.93. The van der Waals surface area contributed by atoms with E-state index in [0.29, 0.717) is 28.2 Å². The number of hydrogen-bond acceptors (Lipinski definition) is 5. The van der Waals surface area contributed by atoms with E-state index in [1.165, 1.54) is 0 Å². The SMILES string of the molecule is Clc1ccc(Oc2nc(NCc3ccco3)c3ccccc3n2)cc1Cl. The number of anilines is 1. The van der Waals surface area contributed by atoms with Crippen LogP contribution in [0.1, 0.15) is 5.76 Å². The van der Waals surface area contributed by atoms with Crippen molar-refractivity contribution in [2.75, 3.05) is 5.32 Å². The van der Waals surface area contributed by atoms with Crippen molar-refractivity contribution in [1.82, 2.24) is 9.97 Å². The highest BCUT2D eigenvalue weighted by Gasteiger charge is 2.10. The van der Waals surface area contributed by atoms with Crippen LogP contribution in [0.15, 0.2) is 65.3 Å². The van der Waals surface area contributed by atoms with Crippen LogP contribution in [0.3, 0.4) is 0 Å². The fourth-order valence-corrected chi connectivity index (χ4v) is 2.75. The van der Waals surface area contributed by atoms with E-state index in [9.17, 15) is 0 Å². The highest BCUT2D eigenvalue weighted by molar-refractivity contribution is 6.42. The van der Waals surface area contributed by atoms with Gasteiger partial charge in [-0.3, -0.25) is 0 Å². The normalized spacial score (nSPS) is 10.8. The molecule has 0 aliphatic rings. The van der Waals surface area contributed by atoms with E-state index in [0.717, 1.165) is 16.7 Å². The van der Waals surface area contributed by atoms with Gasteiger partial charge in [-0.1, -0.05) is 35.3 Å². The number of nitrogens with zero attached hydrogens (tertiary/aromatic N) is 2. The molecule has 4 aromatic rings. The van der Waals surface area contributed by atoms with Crippen LogP contribution in [-0.4, -0.2) is 9.97 Å². The van der Waals surface area contributed by atoms with Gasteiger partial charge in [-0.2, -0.15) is 9.97 Å². The van der Waals surface area contributed by atoms with Crippen LogP contribution in [0, 0.1) is 0 Å². The molecule has 2 aromatic carbocycles. The van der Waals surface area contributed by atoms with E-state index in [2.05, 4.69) is 15.3 Å². The molecule has 130 valence electrons. The van der Waals surface area contributed by atoms with E-state index in [4.69, 9.17) is 32.4 Å². The van der Waals surface area contributed by atoms with Gasteiger partial charge in [0.2, 0.25) is 0 Å². The van der Waals surface area contributed by atoms with Gasteiger partial charge in [0.05, 0.1) is 28.4 Å². The number of halogens is 2. The Bertz CT molecular complexity index is 1050. The molecule has 2 aromatic heterocycles. The fraction of sp³-hybridized carbons (Fsp3) is 0.0526. The molecule has 1 N–H and O–H groups in total. The van der Waals surface area contributed by atoms with Crippen molar-refractivity contribution in [2.24, 2.45) is 0 Å². The largest absolute Gasteiger partial charge is 0.467 e. The molecule has 0 aliphatic heterocycles. The van der Waals surface area contributed by atoms with Gasteiger partial charge in [-0.25, -0.2) is 0 Å². The Morgan fingerprint density at radius 1 is 0.962 bits per heavy atom. The van der Waals surface area contributed by atoms with E-state index >= 15 is 0 Å². The molecular formula is C19H13Cl2N3O2. The second-order valence-electron chi connectivity index (χ2n) is 5.48. The van der Waals surface area contributed by atoms with Crippen LogP contribution in [0.4, 0.5) is 5.82 Å². The number of aromatic nitrogens is 2. The van der Waals surface area contributed by atoms with Crippen LogP contribution in [0.25, 0.3) is 10.9 Å². The second kappa shape index (κ2) is 7.23. The number of para-hydroxylation sites is 1. The molecule has 0 bridgehead atoms. The maximum absolute atomic E-state index is 6.04. The van der Waals surface area contributed by atoms with Crippen molar-refractivity contribution >= 4 is 39.9 Å². The molecule has 0 aliphatic carbocycles. The molecule has 0 amide bonds. The topological polar surface area (TPSA) is 60.2 Å². The van der Waals surface area contributed by atoms with E-state index < -0.39 is 0 Å². The quantitative estimate of drug-likeness (QED) is 0.460. The Morgan fingerprint density at radius 2 is 1.85 bits per heavy atom. The fourth-order valence-electron chi connectivity index (χ4n) is 2.47. The summed E-state index contributed by atoms with van der Waals surface area (Å²) in [5.41, 5.74) is 0.763. The van der Waals surface area contributed by atoms with Crippen LogP contribution in [0.5, 0.6) is 11.8 Å². The summed E-state index contributed by atoms with van der Waals surface area (Å²) in [4.78, 5) is 8.94. The third-order valence-corrected chi connectivity index (χ3v) is 4.43. The molecule has 26 heavy (non-hydrogen) atoms. The average molecular weight is 386 g/mol. The van der Waals surface area contributed by atoms with Crippen LogP contribution >= 0.6 is 23.2 Å². The van der Waals surface area contributed by atoms with Crippen molar-refractivity contribution in [3.63, 3.8) is 0 Å². The monoisotopic (exact) mass is 385 g/mol. The zero-order valence-electron chi connectivity index (χ0n) is 13.4. The van der Waals surface area contributed by atoms with Crippen molar-refractivity contribution in [3.05, 3.63) is 76.7 Å². The molecule has 0 radical (unpaired) electrons. The van der Waals surface area contributed by atoms with Gasteiger partial charge in [-0.05, 0) is 36.4 Å². The van der Waals surface area contributed by atoms with Gasteiger partial charge in [0, 0.05) is 11.5 Å². The summed E-state index contributed by atoms with van der Waals surface area (Å²) < 4.78 is 11.1. The number of rotatable bonds is 5. The number of fused-ring (bicyclic) bond motifs is 1. The van der Waals surface area contributed by atoms with Crippen LogP contribution < -0.4 is 10.1 Å². The van der Waals surface area contributed by atoms with Gasteiger partial charge in [0.1, 0.15) is 17.3 Å². The average Bonchev–Trinajstić information content (AvgIpc) is 3.16. The minimum absolute atomic E-state index is 0.212. The zero-order valence-corrected chi connectivity index (χ0v) is 15.0. The van der Waals surface area contributed by atoms with E-state index in [1.807, 2.05) is 36.4 Å². The maximum Gasteiger partial charge on any atom is 0.324 e. The van der Waals surface area contributed by atoms with Crippen molar-refractivity contribution in [1.29, 1.82) is 0 Å². The summed E-state index contributed by atoms with van der Waals surface area (Å²) in [7, 11) is 0. The van der Waals surface area contributed by atoms with Gasteiger partial charge in [0.15, 0.2) is 0 Å². The summed E-state index contributed by atoms with van der Waals surface area (Å²) >= 11 is 12.0. The summed E-state index contributed by atoms with van der Waals surface area (Å²) in [6.07, 6.45) is 1.63. The molecule has 2 heterocycles. The first-order chi connectivity index (χ1) is 12.7. The highest BCUT2D eigenvalue weighted by atomic mass is 35.5. The van der Waals surface area contributed by atoms with E-state index in [-0.39, 0.29) is 6.01 Å². The maximum atomic E-state index is 6.04. The number of benzene rings is 2. The molecule has 0 atom stereocenters. The summed E-state index contributed by atoms with van der Waals surface area (Å²) in [5, 5.41) is 5.02. The van der Waals surface area contributed by atoms with E-state index in [1.54, 1.807) is 24.5 Å². The third kappa shape index (κ3) is 3.59. The lowest BCUT2D eigenvalue weighted by atomic mass is 10.2. The molecule has 0 fully saturated rings. The van der Waals surface area contributed by atoms with Gasteiger partial charge in [-0.15, -0.1) is 0 Å². The van der Waals surface area contributed by atoms with Crippen LogP contribution in [0.2, 0.25) is 10.0 Å². The first-order valence-electron chi connectivity index (χ1n) is 7.85. The number of ether oxygens (including phenoxy) is 1. The van der Waals surface area contributed by atoms with Crippen LogP contribution in [-0.2, 0) is 6.54 Å². The molecular weight excluding hydrogens is 373 g/mol. The zero-order chi connectivity index (χ0) is 17.9. The molecule has 4 rings (SSSR count). The smallest absolute Gasteiger partial charge is 0.324 e. The Labute approximate surface area is 159 Å². The van der Waals surface area contributed by atoms with Gasteiger partial charge in [0.25, 0.3) is 0 Å². The first-order valence-corrected chi connectivity index (χ1v) is 8.60. The van der Waals surface area contributed by atoms with Crippen molar-refractivity contribution in [3.8, 4) is 11.8 Å². The number of furan rings is 1. The lowest BCUT2D eigenvalue weighted by Gasteiger charge is -2.11. The highest BCUT2D eigenvalue weighted by Crippen LogP contribution is 2.30.